The van der Waals surface area contributed by atoms with E-state index in [-0.39, 0.29) is 4.90 Å². The summed E-state index contributed by atoms with van der Waals surface area (Å²) in [6.07, 6.45) is 0.627. The van der Waals surface area contributed by atoms with E-state index in [1.54, 1.807) is 19.2 Å². The molecule has 114 valence electrons. The van der Waals surface area contributed by atoms with Crippen molar-refractivity contribution in [3.05, 3.63) is 23.8 Å². The van der Waals surface area contributed by atoms with Gasteiger partial charge in [0.15, 0.2) is 0 Å². The standard InChI is InChI=1S/C14H23NO4S/c1-11(2)12-6-7-14(13(10-12)19-4)20(16,17)15-8-5-9-18-3/h6-7,10-11,15H,5,8-9H2,1-4H3. The van der Waals surface area contributed by atoms with Crippen LogP contribution >= 0.6 is 0 Å². The highest BCUT2D eigenvalue weighted by Gasteiger charge is 2.19. The van der Waals surface area contributed by atoms with Gasteiger partial charge in [-0.2, -0.15) is 0 Å². The van der Waals surface area contributed by atoms with E-state index in [1.807, 2.05) is 19.9 Å². The van der Waals surface area contributed by atoms with Crippen molar-refractivity contribution < 1.29 is 17.9 Å². The lowest BCUT2D eigenvalue weighted by atomic mass is 10.0. The average Bonchev–Trinajstić information content (AvgIpc) is 2.42. The third-order valence-corrected chi connectivity index (χ3v) is 4.46. The van der Waals surface area contributed by atoms with Gasteiger partial charge in [-0.05, 0) is 30.0 Å². The summed E-state index contributed by atoms with van der Waals surface area (Å²) in [5, 5.41) is 0. The average molecular weight is 301 g/mol. The van der Waals surface area contributed by atoms with Crippen molar-refractivity contribution in [2.24, 2.45) is 0 Å². The molecule has 1 aromatic carbocycles. The molecule has 1 rings (SSSR count). The summed E-state index contributed by atoms with van der Waals surface area (Å²) in [7, 11) is -0.495. The van der Waals surface area contributed by atoms with Crippen molar-refractivity contribution in [2.75, 3.05) is 27.4 Å². The molecule has 20 heavy (non-hydrogen) atoms. The minimum absolute atomic E-state index is 0.168. The highest BCUT2D eigenvalue weighted by atomic mass is 32.2. The Morgan fingerprint density at radius 3 is 2.50 bits per heavy atom. The highest BCUT2D eigenvalue weighted by Crippen LogP contribution is 2.27. The first-order valence-electron chi connectivity index (χ1n) is 6.59. The Kier molecular flexibility index (Phi) is 6.45. The van der Waals surface area contributed by atoms with Crippen LogP contribution in [0.15, 0.2) is 23.1 Å². The fraction of sp³-hybridized carbons (Fsp3) is 0.571. The topological polar surface area (TPSA) is 64.6 Å². The molecule has 0 radical (unpaired) electrons. The van der Waals surface area contributed by atoms with Crippen LogP contribution < -0.4 is 9.46 Å². The van der Waals surface area contributed by atoms with Crippen molar-refractivity contribution in [2.45, 2.75) is 31.1 Å². The maximum atomic E-state index is 12.2. The van der Waals surface area contributed by atoms with Gasteiger partial charge in [0.05, 0.1) is 7.11 Å². The second kappa shape index (κ2) is 7.61. The number of hydrogen-bond acceptors (Lipinski definition) is 4. The molecule has 0 unspecified atom stereocenters. The molecule has 0 saturated carbocycles. The molecule has 0 aliphatic rings. The molecule has 0 amide bonds. The van der Waals surface area contributed by atoms with E-state index in [2.05, 4.69) is 4.72 Å². The Labute approximate surface area is 121 Å². The largest absolute Gasteiger partial charge is 0.495 e. The summed E-state index contributed by atoms with van der Waals surface area (Å²) < 4.78 is 37.1. The predicted molar refractivity (Wildman–Crippen MR) is 78.8 cm³/mol. The zero-order chi connectivity index (χ0) is 15.2. The number of ether oxygens (including phenoxy) is 2. The summed E-state index contributed by atoms with van der Waals surface area (Å²) >= 11 is 0. The number of sulfonamides is 1. The molecule has 0 spiro atoms. The first kappa shape index (κ1) is 16.9. The van der Waals surface area contributed by atoms with E-state index >= 15 is 0 Å². The molecule has 0 aliphatic carbocycles. The van der Waals surface area contributed by atoms with Gasteiger partial charge in [-0.1, -0.05) is 19.9 Å². The van der Waals surface area contributed by atoms with E-state index in [0.717, 1.165) is 5.56 Å². The minimum Gasteiger partial charge on any atom is -0.495 e. The van der Waals surface area contributed by atoms with Gasteiger partial charge in [0.1, 0.15) is 10.6 Å². The monoisotopic (exact) mass is 301 g/mol. The van der Waals surface area contributed by atoms with E-state index in [0.29, 0.717) is 31.2 Å². The zero-order valence-corrected chi connectivity index (χ0v) is 13.3. The third-order valence-electron chi connectivity index (χ3n) is 2.96. The molecule has 5 nitrogen and oxygen atoms in total. The predicted octanol–water partition coefficient (Wildman–Crippen LogP) is 2.13. The van der Waals surface area contributed by atoms with Crippen molar-refractivity contribution in [3.63, 3.8) is 0 Å². The molecule has 0 bridgehead atoms. The Morgan fingerprint density at radius 1 is 1.25 bits per heavy atom. The second-order valence-electron chi connectivity index (χ2n) is 4.81. The van der Waals surface area contributed by atoms with Crippen LogP contribution in [-0.2, 0) is 14.8 Å². The third kappa shape index (κ3) is 4.47. The highest BCUT2D eigenvalue weighted by molar-refractivity contribution is 7.89. The van der Waals surface area contributed by atoms with Crippen molar-refractivity contribution in [1.82, 2.24) is 4.72 Å². The number of rotatable bonds is 8. The minimum atomic E-state index is -3.56. The molecular weight excluding hydrogens is 278 g/mol. The van der Waals surface area contributed by atoms with Crippen LogP contribution in [0.3, 0.4) is 0 Å². The van der Waals surface area contributed by atoms with Crippen molar-refractivity contribution in [1.29, 1.82) is 0 Å². The van der Waals surface area contributed by atoms with E-state index in [1.165, 1.54) is 7.11 Å². The second-order valence-corrected chi connectivity index (χ2v) is 6.54. The molecular formula is C14H23NO4S. The first-order valence-corrected chi connectivity index (χ1v) is 8.07. The fourth-order valence-electron chi connectivity index (χ4n) is 1.77. The fourth-order valence-corrected chi connectivity index (χ4v) is 2.99. The quantitative estimate of drug-likeness (QED) is 0.747. The number of benzene rings is 1. The van der Waals surface area contributed by atoms with E-state index in [4.69, 9.17) is 9.47 Å². The first-order chi connectivity index (χ1) is 9.42. The zero-order valence-electron chi connectivity index (χ0n) is 12.5. The maximum Gasteiger partial charge on any atom is 0.244 e. The lowest BCUT2D eigenvalue weighted by molar-refractivity contribution is 0.196. The molecule has 0 aliphatic heterocycles. The van der Waals surface area contributed by atoms with E-state index in [9.17, 15) is 8.42 Å². The van der Waals surface area contributed by atoms with Crippen molar-refractivity contribution in [3.8, 4) is 5.75 Å². The molecule has 0 saturated heterocycles. The molecule has 0 aromatic heterocycles. The summed E-state index contributed by atoms with van der Waals surface area (Å²) in [4.78, 5) is 0.168. The molecule has 1 aromatic rings. The Bertz CT molecular complexity index is 526. The summed E-state index contributed by atoms with van der Waals surface area (Å²) in [5.41, 5.74) is 1.04. The number of hydrogen-bond donors (Lipinski definition) is 1. The smallest absolute Gasteiger partial charge is 0.244 e. The van der Waals surface area contributed by atoms with Crippen LogP contribution in [0.25, 0.3) is 0 Å². The van der Waals surface area contributed by atoms with Gasteiger partial charge in [0.25, 0.3) is 0 Å². The Hall–Kier alpha value is -1.11. The van der Waals surface area contributed by atoms with Gasteiger partial charge >= 0.3 is 0 Å². The molecule has 0 fully saturated rings. The van der Waals surface area contributed by atoms with E-state index < -0.39 is 10.0 Å². The van der Waals surface area contributed by atoms with Gasteiger partial charge in [-0.3, -0.25) is 0 Å². The molecule has 0 heterocycles. The van der Waals surface area contributed by atoms with Gasteiger partial charge in [0, 0.05) is 20.3 Å². The Morgan fingerprint density at radius 2 is 1.95 bits per heavy atom. The maximum absolute atomic E-state index is 12.2. The lowest BCUT2D eigenvalue weighted by Crippen LogP contribution is -2.26. The summed E-state index contributed by atoms with van der Waals surface area (Å²) in [6.45, 7) is 4.95. The summed E-state index contributed by atoms with van der Waals surface area (Å²) in [5.74, 6) is 0.686. The molecule has 6 heteroatoms. The van der Waals surface area contributed by atoms with Crippen LogP contribution in [-0.4, -0.2) is 35.8 Å². The van der Waals surface area contributed by atoms with Gasteiger partial charge in [-0.15, -0.1) is 0 Å². The van der Waals surface area contributed by atoms with Gasteiger partial charge < -0.3 is 9.47 Å². The SMILES string of the molecule is COCCCNS(=O)(=O)c1ccc(C(C)C)cc1OC. The molecule has 0 atom stereocenters. The van der Waals surface area contributed by atoms with Crippen molar-refractivity contribution >= 4 is 10.0 Å². The van der Waals surface area contributed by atoms with Gasteiger partial charge in [-0.25, -0.2) is 13.1 Å². The molecule has 1 N–H and O–H groups in total. The van der Waals surface area contributed by atoms with Crippen LogP contribution in [0.5, 0.6) is 5.75 Å². The van der Waals surface area contributed by atoms with Crippen LogP contribution in [0, 0.1) is 0 Å². The number of nitrogens with one attached hydrogen (secondary N) is 1. The Balaban J connectivity index is 2.94. The number of methoxy groups -OCH3 is 2. The lowest BCUT2D eigenvalue weighted by Gasteiger charge is -2.13. The normalized spacial score (nSPS) is 11.8. The van der Waals surface area contributed by atoms with Crippen LogP contribution in [0.2, 0.25) is 0 Å². The van der Waals surface area contributed by atoms with Crippen LogP contribution in [0.4, 0.5) is 0 Å². The summed E-state index contributed by atoms with van der Waals surface area (Å²) in [6, 6.07) is 5.18. The van der Waals surface area contributed by atoms with Crippen LogP contribution in [0.1, 0.15) is 31.7 Å². The van der Waals surface area contributed by atoms with Gasteiger partial charge in [0.2, 0.25) is 10.0 Å².